The zero-order valence-electron chi connectivity index (χ0n) is 10.9. The van der Waals surface area contributed by atoms with Gasteiger partial charge in [0.25, 0.3) is 5.91 Å². The standard InChI is InChI=1S/C14H15N3O3/c18-13(17-7-3-4-9(8-17)14(19)20)12-15-10-5-1-2-6-11(10)16-12/h1-2,5-6,9H,3-4,7-8H2,(H,15,16)(H,19,20)/t9-/m1/s1. The van der Waals surface area contributed by atoms with Gasteiger partial charge < -0.3 is 15.0 Å². The van der Waals surface area contributed by atoms with Crippen LogP contribution in [-0.4, -0.2) is 44.9 Å². The average molecular weight is 273 g/mol. The van der Waals surface area contributed by atoms with Crippen molar-refractivity contribution in [1.29, 1.82) is 0 Å². The second-order valence-electron chi connectivity index (χ2n) is 5.03. The molecule has 1 amide bonds. The van der Waals surface area contributed by atoms with Gasteiger partial charge in [0.2, 0.25) is 0 Å². The Labute approximate surface area is 115 Å². The van der Waals surface area contributed by atoms with Gasteiger partial charge in [-0.25, -0.2) is 4.98 Å². The predicted molar refractivity (Wildman–Crippen MR) is 72.4 cm³/mol. The van der Waals surface area contributed by atoms with Gasteiger partial charge in [-0.1, -0.05) is 12.1 Å². The molecule has 0 aliphatic carbocycles. The molecule has 6 heteroatoms. The maximum Gasteiger partial charge on any atom is 0.308 e. The smallest absolute Gasteiger partial charge is 0.308 e. The zero-order chi connectivity index (χ0) is 14.1. The number of fused-ring (bicyclic) bond motifs is 1. The average Bonchev–Trinajstić information content (AvgIpc) is 2.90. The number of hydrogen-bond acceptors (Lipinski definition) is 3. The van der Waals surface area contributed by atoms with Crippen molar-refractivity contribution in [2.24, 2.45) is 5.92 Å². The van der Waals surface area contributed by atoms with E-state index < -0.39 is 11.9 Å². The fourth-order valence-corrected chi connectivity index (χ4v) is 2.57. The molecule has 3 rings (SSSR count). The van der Waals surface area contributed by atoms with Crippen LogP contribution < -0.4 is 0 Å². The number of carboxylic acid groups (broad SMARTS) is 1. The highest BCUT2D eigenvalue weighted by molar-refractivity contribution is 5.94. The van der Waals surface area contributed by atoms with E-state index in [2.05, 4.69) is 9.97 Å². The first kappa shape index (κ1) is 12.7. The minimum atomic E-state index is -0.841. The van der Waals surface area contributed by atoms with Gasteiger partial charge >= 0.3 is 5.97 Å². The van der Waals surface area contributed by atoms with Crippen LogP contribution in [0.25, 0.3) is 11.0 Å². The largest absolute Gasteiger partial charge is 0.481 e. The first-order valence-electron chi connectivity index (χ1n) is 6.62. The molecule has 0 spiro atoms. The maximum absolute atomic E-state index is 12.4. The van der Waals surface area contributed by atoms with Crippen molar-refractivity contribution in [2.75, 3.05) is 13.1 Å². The molecule has 104 valence electrons. The summed E-state index contributed by atoms with van der Waals surface area (Å²) in [5.74, 6) is -1.27. The lowest BCUT2D eigenvalue weighted by Crippen LogP contribution is -2.42. The van der Waals surface area contributed by atoms with Gasteiger partial charge in [-0.15, -0.1) is 0 Å². The van der Waals surface area contributed by atoms with E-state index in [1.165, 1.54) is 0 Å². The predicted octanol–water partition coefficient (Wildman–Crippen LogP) is 1.50. The van der Waals surface area contributed by atoms with Crippen LogP contribution in [0, 0.1) is 5.92 Å². The molecular weight excluding hydrogens is 258 g/mol. The number of benzene rings is 1. The van der Waals surface area contributed by atoms with Gasteiger partial charge in [0.1, 0.15) is 0 Å². The summed E-state index contributed by atoms with van der Waals surface area (Å²) in [6.45, 7) is 0.838. The quantitative estimate of drug-likeness (QED) is 0.868. The molecule has 0 radical (unpaired) electrons. The molecule has 1 saturated heterocycles. The van der Waals surface area contributed by atoms with Gasteiger partial charge in [-0.3, -0.25) is 9.59 Å². The number of nitrogens with zero attached hydrogens (tertiary/aromatic N) is 2. The zero-order valence-corrected chi connectivity index (χ0v) is 10.9. The second kappa shape index (κ2) is 4.96. The van der Waals surface area contributed by atoms with Crippen molar-refractivity contribution < 1.29 is 14.7 Å². The normalized spacial score (nSPS) is 19.2. The fraction of sp³-hybridized carbons (Fsp3) is 0.357. The van der Waals surface area contributed by atoms with Crippen LogP contribution in [0.5, 0.6) is 0 Å². The highest BCUT2D eigenvalue weighted by Gasteiger charge is 2.29. The van der Waals surface area contributed by atoms with Crippen molar-refractivity contribution in [1.82, 2.24) is 14.9 Å². The number of amides is 1. The van der Waals surface area contributed by atoms with Crippen LogP contribution in [0.3, 0.4) is 0 Å². The third kappa shape index (κ3) is 2.24. The molecule has 1 aliphatic rings. The number of rotatable bonds is 2. The van der Waals surface area contributed by atoms with E-state index in [0.29, 0.717) is 19.4 Å². The summed E-state index contributed by atoms with van der Waals surface area (Å²) >= 11 is 0. The lowest BCUT2D eigenvalue weighted by Gasteiger charge is -2.29. The second-order valence-corrected chi connectivity index (χ2v) is 5.03. The van der Waals surface area contributed by atoms with Crippen LogP contribution in [0.15, 0.2) is 24.3 Å². The SMILES string of the molecule is O=C(O)[C@@H]1CCCN(C(=O)c2nc3ccccc3[nH]2)C1. The summed E-state index contributed by atoms with van der Waals surface area (Å²) < 4.78 is 0. The van der Waals surface area contributed by atoms with Crippen LogP contribution in [0.1, 0.15) is 23.5 Å². The number of aromatic amines is 1. The van der Waals surface area contributed by atoms with E-state index in [0.717, 1.165) is 11.0 Å². The molecule has 6 nitrogen and oxygen atoms in total. The number of para-hydroxylation sites is 2. The van der Waals surface area contributed by atoms with Crippen molar-refractivity contribution >= 4 is 22.9 Å². The molecule has 0 saturated carbocycles. The number of likely N-dealkylation sites (tertiary alicyclic amines) is 1. The molecule has 0 bridgehead atoms. The van der Waals surface area contributed by atoms with E-state index in [1.807, 2.05) is 24.3 Å². The van der Waals surface area contributed by atoms with Gasteiger partial charge in [-0.05, 0) is 25.0 Å². The molecule has 2 aromatic rings. The lowest BCUT2D eigenvalue weighted by molar-refractivity contribution is -0.143. The Morgan fingerprint density at radius 3 is 2.90 bits per heavy atom. The topological polar surface area (TPSA) is 86.3 Å². The Hall–Kier alpha value is -2.37. The first-order chi connectivity index (χ1) is 9.65. The van der Waals surface area contributed by atoms with Gasteiger partial charge in [0.15, 0.2) is 5.82 Å². The number of piperidine rings is 1. The van der Waals surface area contributed by atoms with E-state index in [9.17, 15) is 9.59 Å². The van der Waals surface area contributed by atoms with E-state index in [-0.39, 0.29) is 18.3 Å². The molecular formula is C14H15N3O3. The van der Waals surface area contributed by atoms with E-state index in [4.69, 9.17) is 5.11 Å². The summed E-state index contributed by atoms with van der Waals surface area (Å²) in [7, 11) is 0. The highest BCUT2D eigenvalue weighted by Crippen LogP contribution is 2.19. The Kier molecular flexibility index (Phi) is 3.14. The summed E-state index contributed by atoms with van der Waals surface area (Å²) in [5.41, 5.74) is 1.55. The van der Waals surface area contributed by atoms with E-state index in [1.54, 1.807) is 4.90 Å². The molecule has 1 aliphatic heterocycles. The third-order valence-electron chi connectivity index (χ3n) is 3.65. The van der Waals surface area contributed by atoms with Gasteiger partial charge in [0, 0.05) is 13.1 Å². The van der Waals surface area contributed by atoms with Crippen molar-refractivity contribution in [3.8, 4) is 0 Å². The number of carbonyl (C=O) groups excluding carboxylic acids is 1. The Bertz CT molecular complexity index is 631. The number of carboxylic acids is 1. The molecule has 1 atom stereocenters. The van der Waals surface area contributed by atoms with Crippen LogP contribution in [-0.2, 0) is 4.79 Å². The van der Waals surface area contributed by atoms with Gasteiger partial charge in [0.05, 0.1) is 17.0 Å². The molecule has 2 heterocycles. The van der Waals surface area contributed by atoms with Crippen LogP contribution >= 0.6 is 0 Å². The molecule has 1 fully saturated rings. The Balaban J connectivity index is 1.82. The van der Waals surface area contributed by atoms with Gasteiger partial charge in [-0.2, -0.15) is 0 Å². The highest BCUT2D eigenvalue weighted by atomic mass is 16.4. The van der Waals surface area contributed by atoms with Crippen LogP contribution in [0.4, 0.5) is 0 Å². The minimum Gasteiger partial charge on any atom is -0.481 e. The summed E-state index contributed by atoms with van der Waals surface area (Å²) in [6.07, 6.45) is 1.34. The number of aromatic nitrogens is 2. The maximum atomic E-state index is 12.4. The Morgan fingerprint density at radius 1 is 1.35 bits per heavy atom. The van der Waals surface area contributed by atoms with Crippen molar-refractivity contribution in [3.63, 3.8) is 0 Å². The fourth-order valence-electron chi connectivity index (χ4n) is 2.57. The number of carbonyl (C=O) groups is 2. The third-order valence-corrected chi connectivity index (χ3v) is 3.65. The molecule has 1 aromatic heterocycles. The molecule has 0 unspecified atom stereocenters. The summed E-state index contributed by atoms with van der Waals surface area (Å²) in [6, 6.07) is 7.42. The summed E-state index contributed by atoms with van der Waals surface area (Å²) in [5, 5.41) is 9.06. The van der Waals surface area contributed by atoms with Crippen LogP contribution in [0.2, 0.25) is 0 Å². The monoisotopic (exact) mass is 273 g/mol. The minimum absolute atomic E-state index is 0.229. The molecule has 1 aromatic carbocycles. The summed E-state index contributed by atoms with van der Waals surface area (Å²) in [4.78, 5) is 32.2. The lowest BCUT2D eigenvalue weighted by atomic mass is 9.98. The molecule has 2 N–H and O–H groups in total. The first-order valence-corrected chi connectivity index (χ1v) is 6.62. The molecule has 20 heavy (non-hydrogen) atoms. The number of imidazole rings is 1. The number of nitrogens with one attached hydrogen (secondary N) is 1. The van der Waals surface area contributed by atoms with Crippen molar-refractivity contribution in [2.45, 2.75) is 12.8 Å². The number of aliphatic carboxylic acids is 1. The van der Waals surface area contributed by atoms with E-state index >= 15 is 0 Å². The Morgan fingerprint density at radius 2 is 2.15 bits per heavy atom. The van der Waals surface area contributed by atoms with Crippen molar-refractivity contribution in [3.05, 3.63) is 30.1 Å². The number of hydrogen-bond donors (Lipinski definition) is 2. The number of H-pyrrole nitrogens is 1.